The van der Waals surface area contributed by atoms with E-state index < -0.39 is 0 Å². The molecule has 0 aromatic heterocycles. The molecular formula is C17H19ClN2. The highest BCUT2D eigenvalue weighted by Gasteiger charge is 2.21. The van der Waals surface area contributed by atoms with Crippen LogP contribution in [-0.2, 0) is 0 Å². The summed E-state index contributed by atoms with van der Waals surface area (Å²) in [6.07, 6.45) is 10.6. The normalized spacial score (nSPS) is 20.6. The molecule has 1 heterocycles. The third kappa shape index (κ3) is 2.58. The zero-order chi connectivity index (χ0) is 13.9. The second kappa shape index (κ2) is 5.94. The van der Waals surface area contributed by atoms with Crippen molar-refractivity contribution in [3.8, 4) is 0 Å². The first-order valence-electron chi connectivity index (χ1n) is 7.22. The minimum absolute atomic E-state index is 0.172. The molecule has 2 aliphatic rings. The second-order valence-corrected chi connectivity index (χ2v) is 5.77. The van der Waals surface area contributed by atoms with Gasteiger partial charge in [0.05, 0.1) is 6.04 Å². The van der Waals surface area contributed by atoms with Crippen molar-refractivity contribution < 1.29 is 0 Å². The Bertz CT molecular complexity index is 599. The van der Waals surface area contributed by atoms with Gasteiger partial charge in [0, 0.05) is 11.2 Å². The van der Waals surface area contributed by atoms with Gasteiger partial charge in [-0.25, -0.2) is 0 Å². The molecule has 1 atom stereocenters. The number of fused-ring (bicyclic) bond motifs is 2. The Kier molecular flexibility index (Phi) is 4.04. The lowest BCUT2D eigenvalue weighted by Gasteiger charge is -2.18. The Balaban J connectivity index is 2.09. The third-order valence-electron chi connectivity index (χ3n) is 3.98. The van der Waals surface area contributed by atoms with E-state index in [1.165, 1.54) is 22.3 Å². The quantitative estimate of drug-likeness (QED) is 0.883. The summed E-state index contributed by atoms with van der Waals surface area (Å²) in [7, 11) is 0. The Labute approximate surface area is 125 Å². The van der Waals surface area contributed by atoms with E-state index in [9.17, 15) is 0 Å². The fourth-order valence-electron chi connectivity index (χ4n) is 2.97. The first-order valence-corrected chi connectivity index (χ1v) is 7.60. The van der Waals surface area contributed by atoms with Crippen molar-refractivity contribution in [2.24, 2.45) is 10.7 Å². The van der Waals surface area contributed by atoms with Crippen LogP contribution in [0.2, 0.25) is 5.02 Å². The monoisotopic (exact) mass is 286 g/mol. The summed E-state index contributed by atoms with van der Waals surface area (Å²) >= 11 is 6.20. The molecule has 104 valence electrons. The number of aliphatic imine (C=N–C) groups is 1. The summed E-state index contributed by atoms with van der Waals surface area (Å²) in [5.74, 6) is 0. The summed E-state index contributed by atoms with van der Waals surface area (Å²) in [4.78, 5) is 4.78. The van der Waals surface area contributed by atoms with E-state index >= 15 is 0 Å². The van der Waals surface area contributed by atoms with E-state index in [1.54, 1.807) is 0 Å². The fraction of sp³-hybridized carbons (Fsp3) is 0.353. The topological polar surface area (TPSA) is 38.4 Å². The molecule has 1 aliphatic carbocycles. The number of rotatable bonds is 3. The number of nitrogens with zero attached hydrogens (tertiary/aromatic N) is 1. The lowest BCUT2D eigenvalue weighted by atomic mass is 9.87. The number of hydrogen-bond donors (Lipinski definition) is 1. The van der Waals surface area contributed by atoms with Gasteiger partial charge in [-0.15, -0.1) is 0 Å². The van der Waals surface area contributed by atoms with E-state index in [4.69, 9.17) is 22.3 Å². The van der Waals surface area contributed by atoms with Crippen LogP contribution in [0.5, 0.6) is 0 Å². The average molecular weight is 287 g/mol. The van der Waals surface area contributed by atoms with E-state index in [2.05, 4.69) is 24.3 Å². The fourth-order valence-corrected chi connectivity index (χ4v) is 3.15. The van der Waals surface area contributed by atoms with Crippen molar-refractivity contribution >= 4 is 23.4 Å². The molecule has 0 fully saturated rings. The van der Waals surface area contributed by atoms with Crippen LogP contribution in [0.3, 0.4) is 0 Å². The first kappa shape index (κ1) is 13.6. The Hall–Kier alpha value is -1.38. The number of halogens is 1. The van der Waals surface area contributed by atoms with Crippen molar-refractivity contribution in [1.82, 2.24) is 0 Å². The molecule has 1 aromatic carbocycles. The van der Waals surface area contributed by atoms with Crippen LogP contribution in [0, 0.1) is 0 Å². The highest BCUT2D eigenvalue weighted by atomic mass is 35.5. The maximum atomic E-state index is 6.20. The number of benzene rings is 1. The van der Waals surface area contributed by atoms with E-state index in [0.29, 0.717) is 6.54 Å². The highest BCUT2D eigenvalue weighted by molar-refractivity contribution is 6.30. The molecule has 0 bridgehead atoms. The molecule has 0 saturated heterocycles. The summed E-state index contributed by atoms with van der Waals surface area (Å²) < 4.78 is 0. The standard InChI is InChI=1S/C17H19ClN2/c18-13-7-8-15-14-5-2-1-4-12(14)11-20-17(6-3-9-19)16(15)10-13/h1,4,7-8,10-11,17H,2-3,5-6,9,19H2. The van der Waals surface area contributed by atoms with Crippen molar-refractivity contribution in [3.05, 3.63) is 52.1 Å². The molecule has 0 radical (unpaired) electrons. The molecule has 2 nitrogen and oxygen atoms in total. The van der Waals surface area contributed by atoms with Crippen molar-refractivity contribution in [2.75, 3.05) is 6.54 Å². The molecule has 1 aromatic rings. The summed E-state index contributed by atoms with van der Waals surface area (Å²) in [6.45, 7) is 0.703. The van der Waals surface area contributed by atoms with Crippen LogP contribution in [-0.4, -0.2) is 12.8 Å². The second-order valence-electron chi connectivity index (χ2n) is 5.33. The van der Waals surface area contributed by atoms with Gasteiger partial charge in [-0.1, -0.05) is 29.8 Å². The van der Waals surface area contributed by atoms with Crippen LogP contribution in [0.25, 0.3) is 5.57 Å². The molecule has 0 amide bonds. The van der Waals surface area contributed by atoms with Gasteiger partial charge in [0.15, 0.2) is 0 Å². The van der Waals surface area contributed by atoms with Crippen LogP contribution >= 0.6 is 11.6 Å². The van der Waals surface area contributed by atoms with E-state index in [-0.39, 0.29) is 6.04 Å². The molecule has 2 N–H and O–H groups in total. The molecule has 20 heavy (non-hydrogen) atoms. The van der Waals surface area contributed by atoms with Crippen LogP contribution in [0.1, 0.15) is 42.9 Å². The molecule has 0 spiro atoms. The lowest BCUT2D eigenvalue weighted by Crippen LogP contribution is -2.04. The number of allylic oxidation sites excluding steroid dienone is 4. The zero-order valence-corrected chi connectivity index (χ0v) is 12.2. The van der Waals surface area contributed by atoms with Crippen LogP contribution < -0.4 is 5.73 Å². The van der Waals surface area contributed by atoms with Gasteiger partial charge in [-0.3, -0.25) is 4.99 Å². The Morgan fingerprint density at radius 2 is 2.25 bits per heavy atom. The number of hydrogen-bond acceptors (Lipinski definition) is 2. The molecule has 3 rings (SSSR count). The predicted octanol–water partition coefficient (Wildman–Crippen LogP) is 4.31. The van der Waals surface area contributed by atoms with Gasteiger partial charge in [0.1, 0.15) is 0 Å². The largest absolute Gasteiger partial charge is 0.330 e. The SMILES string of the molecule is NCCCC1N=CC2=C(CCC=C2)c2ccc(Cl)cc21. The highest BCUT2D eigenvalue weighted by Crippen LogP contribution is 2.38. The smallest absolute Gasteiger partial charge is 0.0756 e. The Morgan fingerprint density at radius 3 is 3.10 bits per heavy atom. The van der Waals surface area contributed by atoms with Crippen molar-refractivity contribution in [2.45, 2.75) is 31.7 Å². The van der Waals surface area contributed by atoms with Gasteiger partial charge in [-0.05, 0) is 66.6 Å². The van der Waals surface area contributed by atoms with Gasteiger partial charge >= 0.3 is 0 Å². The van der Waals surface area contributed by atoms with Crippen LogP contribution in [0.4, 0.5) is 0 Å². The minimum atomic E-state index is 0.172. The van der Waals surface area contributed by atoms with Crippen molar-refractivity contribution in [3.63, 3.8) is 0 Å². The van der Waals surface area contributed by atoms with Gasteiger partial charge in [0.2, 0.25) is 0 Å². The molecule has 3 heteroatoms. The summed E-state index contributed by atoms with van der Waals surface area (Å²) in [6, 6.07) is 6.38. The maximum absolute atomic E-state index is 6.20. The average Bonchev–Trinajstić information content (AvgIpc) is 2.62. The maximum Gasteiger partial charge on any atom is 0.0756 e. The first-order chi connectivity index (χ1) is 9.79. The Morgan fingerprint density at radius 1 is 1.35 bits per heavy atom. The van der Waals surface area contributed by atoms with Crippen molar-refractivity contribution in [1.29, 1.82) is 0 Å². The minimum Gasteiger partial charge on any atom is -0.330 e. The molecular weight excluding hydrogens is 268 g/mol. The van der Waals surface area contributed by atoms with E-state index in [0.717, 1.165) is 30.7 Å². The summed E-state index contributed by atoms with van der Waals surface area (Å²) in [5, 5.41) is 0.784. The molecule has 1 unspecified atom stereocenters. The number of nitrogens with two attached hydrogens (primary N) is 1. The predicted molar refractivity (Wildman–Crippen MR) is 86.3 cm³/mol. The van der Waals surface area contributed by atoms with Gasteiger partial charge in [-0.2, -0.15) is 0 Å². The van der Waals surface area contributed by atoms with Gasteiger partial charge in [0.25, 0.3) is 0 Å². The van der Waals surface area contributed by atoms with Crippen LogP contribution in [0.15, 0.2) is 40.9 Å². The molecule has 1 aliphatic heterocycles. The zero-order valence-electron chi connectivity index (χ0n) is 11.5. The lowest BCUT2D eigenvalue weighted by molar-refractivity contribution is 0.622. The summed E-state index contributed by atoms with van der Waals surface area (Å²) in [5.41, 5.74) is 10.9. The molecule has 0 saturated carbocycles. The third-order valence-corrected chi connectivity index (χ3v) is 4.21. The van der Waals surface area contributed by atoms with E-state index in [1.807, 2.05) is 12.3 Å². The van der Waals surface area contributed by atoms with Gasteiger partial charge < -0.3 is 5.73 Å².